The monoisotopic (exact) mass is 325 g/mol. The Hall–Kier alpha value is -2.30. The van der Waals surface area contributed by atoms with Crippen LogP contribution in [0.3, 0.4) is 0 Å². The minimum absolute atomic E-state index is 0.0431. The first-order valence-electron chi connectivity index (χ1n) is 8.84. The molecule has 1 N–H and O–H groups in total. The highest BCUT2D eigenvalue weighted by Crippen LogP contribution is 2.28. The minimum atomic E-state index is -0.0606. The lowest BCUT2D eigenvalue weighted by atomic mass is 10.2. The van der Waals surface area contributed by atoms with Gasteiger partial charge in [-0.1, -0.05) is 12.1 Å². The molecule has 2 aromatic rings. The number of carbonyl (C=O) groups is 1. The van der Waals surface area contributed by atoms with Crippen molar-refractivity contribution in [1.82, 2.24) is 10.3 Å². The number of pyridine rings is 1. The quantitative estimate of drug-likeness (QED) is 0.887. The van der Waals surface area contributed by atoms with Gasteiger partial charge in [0.2, 0.25) is 0 Å². The normalized spacial score (nSPS) is 17.2. The van der Waals surface area contributed by atoms with E-state index in [1.165, 1.54) is 25.7 Å². The van der Waals surface area contributed by atoms with Gasteiger partial charge in [0.25, 0.3) is 5.91 Å². The van der Waals surface area contributed by atoms with Crippen LogP contribution in [0.1, 0.15) is 25.7 Å². The number of hydrogen-bond donors (Lipinski definition) is 1. The van der Waals surface area contributed by atoms with E-state index < -0.39 is 0 Å². The molecule has 0 radical (unpaired) electrons. The maximum absolute atomic E-state index is 11.9. The molecule has 5 heteroatoms. The Bertz CT molecular complexity index is 736. The number of ether oxygens (including phenoxy) is 1. The fraction of sp³-hybridized carbons (Fsp3) is 0.474. The molecule has 2 fully saturated rings. The number of benzene rings is 1. The van der Waals surface area contributed by atoms with Gasteiger partial charge < -0.3 is 15.0 Å². The van der Waals surface area contributed by atoms with Crippen molar-refractivity contribution in [1.29, 1.82) is 0 Å². The lowest BCUT2D eigenvalue weighted by Gasteiger charge is -2.17. The zero-order valence-corrected chi connectivity index (χ0v) is 13.8. The Morgan fingerprint density at radius 1 is 1.21 bits per heavy atom. The van der Waals surface area contributed by atoms with Crippen LogP contribution in [0.25, 0.3) is 10.9 Å². The maximum Gasteiger partial charge on any atom is 0.257 e. The van der Waals surface area contributed by atoms with Crippen LogP contribution in [0.2, 0.25) is 0 Å². The largest absolute Gasteiger partial charge is 0.481 e. The Morgan fingerprint density at radius 2 is 2.04 bits per heavy atom. The van der Waals surface area contributed by atoms with E-state index in [4.69, 9.17) is 9.72 Å². The third-order valence-corrected chi connectivity index (χ3v) is 4.74. The number of hydrogen-bond acceptors (Lipinski definition) is 4. The third kappa shape index (κ3) is 3.45. The van der Waals surface area contributed by atoms with Gasteiger partial charge in [0.1, 0.15) is 17.1 Å². The molecular formula is C19H23N3O2. The molecule has 2 heterocycles. The Kier molecular flexibility index (Phi) is 4.24. The average molecular weight is 325 g/mol. The van der Waals surface area contributed by atoms with E-state index in [0.717, 1.165) is 36.4 Å². The van der Waals surface area contributed by atoms with Crippen molar-refractivity contribution in [3.8, 4) is 5.75 Å². The molecular weight excluding hydrogens is 302 g/mol. The van der Waals surface area contributed by atoms with Gasteiger partial charge in [0.15, 0.2) is 6.61 Å². The van der Waals surface area contributed by atoms with Crippen LogP contribution in [-0.4, -0.2) is 37.1 Å². The van der Waals surface area contributed by atoms with Gasteiger partial charge in [0.05, 0.1) is 0 Å². The summed E-state index contributed by atoms with van der Waals surface area (Å²) in [7, 11) is 0. The van der Waals surface area contributed by atoms with Crippen LogP contribution >= 0.6 is 0 Å². The highest BCUT2D eigenvalue weighted by molar-refractivity contribution is 5.86. The molecule has 1 aliphatic carbocycles. The summed E-state index contributed by atoms with van der Waals surface area (Å²) in [6.07, 6.45) is 4.90. The van der Waals surface area contributed by atoms with E-state index in [1.54, 1.807) is 0 Å². The van der Waals surface area contributed by atoms with Crippen LogP contribution < -0.4 is 15.0 Å². The van der Waals surface area contributed by atoms with Gasteiger partial charge in [-0.25, -0.2) is 4.98 Å². The van der Waals surface area contributed by atoms with Crippen LogP contribution in [0.4, 0.5) is 5.82 Å². The smallest absolute Gasteiger partial charge is 0.257 e. The van der Waals surface area contributed by atoms with Gasteiger partial charge in [-0.3, -0.25) is 4.79 Å². The Balaban J connectivity index is 1.48. The fourth-order valence-electron chi connectivity index (χ4n) is 3.12. The van der Waals surface area contributed by atoms with E-state index in [9.17, 15) is 4.79 Å². The number of aromatic nitrogens is 1. The van der Waals surface area contributed by atoms with Crippen molar-refractivity contribution < 1.29 is 9.53 Å². The van der Waals surface area contributed by atoms with Crippen molar-refractivity contribution in [2.45, 2.75) is 25.7 Å². The lowest BCUT2D eigenvalue weighted by Crippen LogP contribution is -2.30. The van der Waals surface area contributed by atoms with E-state index in [-0.39, 0.29) is 12.5 Å². The molecule has 0 atom stereocenters. The number of anilines is 1. The second kappa shape index (κ2) is 6.67. The van der Waals surface area contributed by atoms with Gasteiger partial charge >= 0.3 is 0 Å². The van der Waals surface area contributed by atoms with Crippen molar-refractivity contribution in [3.05, 3.63) is 30.3 Å². The van der Waals surface area contributed by atoms with E-state index in [1.807, 2.05) is 18.2 Å². The van der Waals surface area contributed by atoms with Crippen molar-refractivity contribution in [2.75, 3.05) is 31.1 Å². The first-order chi connectivity index (χ1) is 11.8. The number of nitrogens with zero attached hydrogens (tertiary/aromatic N) is 2. The Labute approximate surface area is 142 Å². The molecule has 0 spiro atoms. The summed E-state index contributed by atoms with van der Waals surface area (Å²) < 4.78 is 5.76. The minimum Gasteiger partial charge on any atom is -0.481 e. The maximum atomic E-state index is 11.9. The first kappa shape index (κ1) is 15.2. The van der Waals surface area contributed by atoms with E-state index >= 15 is 0 Å². The van der Waals surface area contributed by atoms with Gasteiger partial charge in [-0.2, -0.15) is 0 Å². The molecule has 1 saturated heterocycles. The number of para-hydroxylation sites is 1. The highest BCUT2D eigenvalue weighted by Gasteiger charge is 2.21. The van der Waals surface area contributed by atoms with Gasteiger partial charge in [-0.15, -0.1) is 0 Å². The molecule has 1 aromatic heterocycles. The van der Waals surface area contributed by atoms with Crippen LogP contribution in [0, 0.1) is 5.92 Å². The summed E-state index contributed by atoms with van der Waals surface area (Å²) in [5.41, 5.74) is 0.830. The topological polar surface area (TPSA) is 54.5 Å². The predicted octanol–water partition coefficient (Wildman–Crippen LogP) is 2.74. The molecule has 126 valence electrons. The summed E-state index contributed by atoms with van der Waals surface area (Å²) in [5, 5.41) is 3.96. The van der Waals surface area contributed by atoms with Crippen molar-refractivity contribution in [2.24, 2.45) is 5.92 Å². The molecule has 1 aromatic carbocycles. The molecule has 1 saturated carbocycles. The second-order valence-electron chi connectivity index (χ2n) is 6.73. The SMILES string of the molecule is O=C(COc1cccc2ccc(N3CCCC3)nc12)NCC1CC1. The number of rotatable bonds is 6. The standard InChI is InChI=1S/C19H23N3O2/c23-18(20-12-14-6-7-14)13-24-16-5-3-4-15-8-9-17(21-19(15)16)22-10-1-2-11-22/h3-5,8-9,14H,1-2,6-7,10-13H2,(H,20,23). The zero-order chi connectivity index (χ0) is 16.4. The second-order valence-corrected chi connectivity index (χ2v) is 6.73. The number of amides is 1. The molecule has 2 aliphatic rings. The van der Waals surface area contributed by atoms with E-state index in [0.29, 0.717) is 11.7 Å². The number of nitrogens with one attached hydrogen (secondary N) is 1. The van der Waals surface area contributed by atoms with Gasteiger partial charge in [-0.05, 0) is 49.8 Å². The fourth-order valence-corrected chi connectivity index (χ4v) is 3.12. The predicted molar refractivity (Wildman–Crippen MR) is 94.4 cm³/mol. The Morgan fingerprint density at radius 3 is 2.83 bits per heavy atom. The van der Waals surface area contributed by atoms with Crippen LogP contribution in [0.5, 0.6) is 5.75 Å². The molecule has 0 unspecified atom stereocenters. The summed E-state index contributed by atoms with van der Waals surface area (Å²) in [6, 6.07) is 10.0. The summed E-state index contributed by atoms with van der Waals surface area (Å²) in [6.45, 7) is 2.94. The molecule has 1 amide bonds. The lowest BCUT2D eigenvalue weighted by molar-refractivity contribution is -0.123. The van der Waals surface area contributed by atoms with Crippen LogP contribution in [0.15, 0.2) is 30.3 Å². The van der Waals surface area contributed by atoms with Crippen molar-refractivity contribution >= 4 is 22.6 Å². The molecule has 0 bridgehead atoms. The van der Waals surface area contributed by atoms with Gasteiger partial charge in [0, 0.05) is 25.0 Å². The van der Waals surface area contributed by atoms with Crippen molar-refractivity contribution in [3.63, 3.8) is 0 Å². The van der Waals surface area contributed by atoms with E-state index in [2.05, 4.69) is 22.3 Å². The highest BCUT2D eigenvalue weighted by atomic mass is 16.5. The average Bonchev–Trinajstić information content (AvgIpc) is 3.28. The molecule has 5 nitrogen and oxygen atoms in total. The number of carbonyl (C=O) groups excluding carboxylic acids is 1. The molecule has 1 aliphatic heterocycles. The number of fused-ring (bicyclic) bond motifs is 1. The zero-order valence-electron chi connectivity index (χ0n) is 13.8. The summed E-state index contributed by atoms with van der Waals surface area (Å²) in [4.78, 5) is 19.0. The summed E-state index contributed by atoms with van der Waals surface area (Å²) >= 11 is 0. The molecule has 4 rings (SSSR count). The summed E-state index contributed by atoms with van der Waals surface area (Å²) in [5.74, 6) is 2.29. The van der Waals surface area contributed by atoms with Crippen LogP contribution in [-0.2, 0) is 4.79 Å². The molecule has 24 heavy (non-hydrogen) atoms. The third-order valence-electron chi connectivity index (χ3n) is 4.74. The first-order valence-corrected chi connectivity index (χ1v) is 8.84.